The van der Waals surface area contributed by atoms with Crippen LogP contribution in [0.15, 0.2) is 30.3 Å². The summed E-state index contributed by atoms with van der Waals surface area (Å²) in [7, 11) is 0. The Morgan fingerprint density at radius 2 is 1.71 bits per heavy atom. The topological polar surface area (TPSA) is 26.0 Å². The lowest BCUT2D eigenvalue weighted by molar-refractivity contribution is 0.370. The predicted octanol–water partition coefficient (Wildman–Crippen LogP) is 3.06. The average Bonchev–Trinajstić information content (AvgIpc) is 2.67. The maximum absolute atomic E-state index is 6.43. The molecule has 1 aliphatic carbocycles. The van der Waals surface area contributed by atoms with Crippen molar-refractivity contribution in [2.45, 2.75) is 44.1 Å². The number of hydrogen-bond donors (Lipinski definition) is 1. The van der Waals surface area contributed by atoms with Gasteiger partial charge in [0, 0.05) is 5.54 Å². The molecule has 76 valence electrons. The van der Waals surface area contributed by atoms with Crippen molar-refractivity contribution in [3.8, 4) is 0 Å². The first-order valence-electron chi connectivity index (χ1n) is 5.56. The fourth-order valence-corrected chi connectivity index (χ4v) is 2.54. The smallest absolute Gasteiger partial charge is 0.0221 e. The van der Waals surface area contributed by atoms with Crippen LogP contribution < -0.4 is 5.73 Å². The number of benzene rings is 1. The van der Waals surface area contributed by atoms with E-state index in [0.717, 1.165) is 0 Å². The van der Waals surface area contributed by atoms with E-state index in [1.165, 1.54) is 31.2 Å². The van der Waals surface area contributed by atoms with Gasteiger partial charge in [0.15, 0.2) is 0 Å². The van der Waals surface area contributed by atoms with Gasteiger partial charge in [-0.1, -0.05) is 50.1 Å². The van der Waals surface area contributed by atoms with Gasteiger partial charge in [-0.05, 0) is 24.3 Å². The van der Waals surface area contributed by atoms with Crippen LogP contribution in [-0.4, -0.2) is 5.54 Å². The lowest BCUT2D eigenvalue weighted by Gasteiger charge is -2.31. The van der Waals surface area contributed by atoms with E-state index in [0.29, 0.717) is 5.92 Å². The zero-order valence-corrected chi connectivity index (χ0v) is 8.87. The van der Waals surface area contributed by atoms with Gasteiger partial charge in [0.2, 0.25) is 0 Å². The van der Waals surface area contributed by atoms with Crippen LogP contribution in [-0.2, 0) is 0 Å². The first kappa shape index (κ1) is 9.72. The molecular formula is C13H19N. The van der Waals surface area contributed by atoms with Gasteiger partial charge in [0.25, 0.3) is 0 Å². The SMILES string of the molecule is C[C@H](c1ccccc1)C1(N)CCCC1. The molecule has 2 N–H and O–H groups in total. The van der Waals surface area contributed by atoms with Gasteiger partial charge < -0.3 is 5.73 Å². The van der Waals surface area contributed by atoms with Gasteiger partial charge in [-0.15, -0.1) is 0 Å². The Bertz CT molecular complexity index is 285. The first-order chi connectivity index (χ1) is 6.72. The summed E-state index contributed by atoms with van der Waals surface area (Å²) >= 11 is 0. The molecule has 0 bridgehead atoms. The van der Waals surface area contributed by atoms with E-state index in [1.807, 2.05) is 0 Å². The quantitative estimate of drug-likeness (QED) is 0.760. The van der Waals surface area contributed by atoms with E-state index in [2.05, 4.69) is 37.3 Å². The third-order valence-electron chi connectivity index (χ3n) is 3.70. The van der Waals surface area contributed by atoms with Crippen LogP contribution in [0, 0.1) is 0 Å². The molecule has 1 fully saturated rings. The second-order valence-electron chi connectivity index (χ2n) is 4.57. The van der Waals surface area contributed by atoms with Crippen molar-refractivity contribution in [1.82, 2.24) is 0 Å². The first-order valence-corrected chi connectivity index (χ1v) is 5.56. The second-order valence-corrected chi connectivity index (χ2v) is 4.57. The summed E-state index contributed by atoms with van der Waals surface area (Å²) in [6.45, 7) is 2.26. The number of nitrogens with two attached hydrogens (primary N) is 1. The molecule has 0 unspecified atom stereocenters. The summed E-state index contributed by atoms with van der Waals surface area (Å²) in [4.78, 5) is 0. The molecule has 14 heavy (non-hydrogen) atoms. The van der Waals surface area contributed by atoms with E-state index in [9.17, 15) is 0 Å². The average molecular weight is 189 g/mol. The van der Waals surface area contributed by atoms with Crippen LogP contribution in [0.3, 0.4) is 0 Å². The molecule has 1 atom stereocenters. The van der Waals surface area contributed by atoms with Crippen molar-refractivity contribution in [2.75, 3.05) is 0 Å². The molecule has 0 aliphatic heterocycles. The van der Waals surface area contributed by atoms with Gasteiger partial charge in [0.1, 0.15) is 0 Å². The van der Waals surface area contributed by atoms with Crippen LogP contribution in [0.1, 0.15) is 44.1 Å². The highest BCUT2D eigenvalue weighted by Gasteiger charge is 2.35. The van der Waals surface area contributed by atoms with Crippen LogP contribution in [0.4, 0.5) is 0 Å². The molecule has 1 aromatic rings. The van der Waals surface area contributed by atoms with Gasteiger partial charge in [-0.2, -0.15) is 0 Å². The Morgan fingerprint density at radius 3 is 2.29 bits per heavy atom. The molecule has 1 aliphatic rings. The summed E-state index contributed by atoms with van der Waals surface area (Å²) in [6.07, 6.45) is 4.97. The Kier molecular flexibility index (Phi) is 2.60. The molecule has 0 heterocycles. The van der Waals surface area contributed by atoms with Gasteiger partial charge >= 0.3 is 0 Å². The standard InChI is InChI=1S/C13H19N/c1-11(12-7-3-2-4-8-12)13(14)9-5-6-10-13/h2-4,7-8,11H,5-6,9-10,14H2,1H3/t11-/m1/s1. The summed E-state index contributed by atoms with van der Waals surface area (Å²) in [5.74, 6) is 0.492. The van der Waals surface area contributed by atoms with E-state index in [-0.39, 0.29) is 5.54 Å². The lowest BCUT2D eigenvalue weighted by Crippen LogP contribution is -2.41. The Balaban J connectivity index is 2.19. The lowest BCUT2D eigenvalue weighted by atomic mass is 9.80. The minimum Gasteiger partial charge on any atom is -0.325 e. The molecule has 1 saturated carbocycles. The zero-order chi connectivity index (χ0) is 10.0. The van der Waals surface area contributed by atoms with Crippen molar-refractivity contribution >= 4 is 0 Å². The Hall–Kier alpha value is -0.820. The van der Waals surface area contributed by atoms with Crippen LogP contribution >= 0.6 is 0 Å². The van der Waals surface area contributed by atoms with Gasteiger partial charge in [-0.3, -0.25) is 0 Å². The summed E-state index contributed by atoms with van der Waals surface area (Å²) in [5, 5.41) is 0. The largest absolute Gasteiger partial charge is 0.325 e. The molecule has 0 saturated heterocycles. The highest BCUT2D eigenvalue weighted by molar-refractivity contribution is 5.23. The Morgan fingerprint density at radius 1 is 1.14 bits per heavy atom. The predicted molar refractivity (Wildman–Crippen MR) is 60.2 cm³/mol. The zero-order valence-electron chi connectivity index (χ0n) is 8.87. The minimum atomic E-state index is 0.0569. The van der Waals surface area contributed by atoms with Crippen molar-refractivity contribution in [3.63, 3.8) is 0 Å². The maximum Gasteiger partial charge on any atom is 0.0221 e. The molecule has 2 rings (SSSR count). The normalized spacial score (nSPS) is 22.1. The minimum absolute atomic E-state index is 0.0569. The van der Waals surface area contributed by atoms with E-state index in [4.69, 9.17) is 5.73 Å². The second kappa shape index (κ2) is 3.74. The molecule has 0 radical (unpaired) electrons. The van der Waals surface area contributed by atoms with Crippen LogP contribution in [0.2, 0.25) is 0 Å². The fraction of sp³-hybridized carbons (Fsp3) is 0.538. The van der Waals surface area contributed by atoms with Gasteiger partial charge in [-0.25, -0.2) is 0 Å². The maximum atomic E-state index is 6.43. The summed E-state index contributed by atoms with van der Waals surface area (Å²) in [6, 6.07) is 10.7. The van der Waals surface area contributed by atoms with Crippen molar-refractivity contribution < 1.29 is 0 Å². The fourth-order valence-electron chi connectivity index (χ4n) is 2.54. The summed E-state index contributed by atoms with van der Waals surface area (Å²) in [5.41, 5.74) is 7.88. The molecule has 0 aromatic heterocycles. The molecular weight excluding hydrogens is 170 g/mol. The molecule has 1 aromatic carbocycles. The highest BCUT2D eigenvalue weighted by Crippen LogP contribution is 2.38. The van der Waals surface area contributed by atoms with Crippen molar-refractivity contribution in [3.05, 3.63) is 35.9 Å². The summed E-state index contributed by atoms with van der Waals surface area (Å²) < 4.78 is 0. The molecule has 1 nitrogen and oxygen atoms in total. The third kappa shape index (κ3) is 1.69. The van der Waals surface area contributed by atoms with Gasteiger partial charge in [0.05, 0.1) is 0 Å². The number of rotatable bonds is 2. The van der Waals surface area contributed by atoms with Crippen LogP contribution in [0.5, 0.6) is 0 Å². The van der Waals surface area contributed by atoms with Crippen LogP contribution in [0.25, 0.3) is 0 Å². The molecule has 1 heteroatoms. The monoisotopic (exact) mass is 189 g/mol. The number of hydrogen-bond acceptors (Lipinski definition) is 1. The van der Waals surface area contributed by atoms with Crippen molar-refractivity contribution in [1.29, 1.82) is 0 Å². The van der Waals surface area contributed by atoms with E-state index in [1.54, 1.807) is 0 Å². The molecule has 0 amide bonds. The van der Waals surface area contributed by atoms with E-state index >= 15 is 0 Å². The Labute approximate surface area is 86.3 Å². The molecule has 0 spiro atoms. The highest BCUT2D eigenvalue weighted by atomic mass is 14.8. The van der Waals surface area contributed by atoms with Crippen molar-refractivity contribution in [2.24, 2.45) is 5.73 Å². The van der Waals surface area contributed by atoms with E-state index < -0.39 is 0 Å². The third-order valence-corrected chi connectivity index (χ3v) is 3.70.